The molecule has 3 aromatic rings. The third-order valence-electron chi connectivity index (χ3n) is 8.01. The smallest absolute Gasteiger partial charge is 0.251 e. The lowest BCUT2D eigenvalue weighted by molar-refractivity contribution is 0.0873. The van der Waals surface area contributed by atoms with Crippen molar-refractivity contribution in [2.45, 2.75) is 77.9 Å². The van der Waals surface area contributed by atoms with Gasteiger partial charge in [0.15, 0.2) is 0 Å². The molecule has 9 heteroatoms. The molecule has 240 valence electrons. The molecular formula is C37H45N7O2. The van der Waals surface area contributed by atoms with E-state index in [1.165, 1.54) is 5.57 Å². The Morgan fingerprint density at radius 3 is 2.57 bits per heavy atom. The van der Waals surface area contributed by atoms with Crippen LogP contribution in [0.25, 0.3) is 16.8 Å². The number of piperidine rings is 1. The Morgan fingerprint density at radius 1 is 1.07 bits per heavy atom. The number of hydrogen-bond donors (Lipinski definition) is 4. The number of aromatic nitrogens is 4. The predicted octanol–water partition coefficient (Wildman–Crippen LogP) is 7.42. The van der Waals surface area contributed by atoms with Crippen molar-refractivity contribution in [2.75, 3.05) is 11.9 Å². The first-order valence-corrected chi connectivity index (χ1v) is 15.8. The number of carbonyl (C=O) groups excluding carboxylic acids is 1. The van der Waals surface area contributed by atoms with Crippen LogP contribution >= 0.6 is 0 Å². The molecule has 0 radical (unpaired) electrons. The maximum Gasteiger partial charge on any atom is 0.251 e. The van der Waals surface area contributed by atoms with Crippen LogP contribution in [0.2, 0.25) is 0 Å². The minimum Gasteiger partial charge on any atom is -0.494 e. The molecule has 1 fully saturated rings. The lowest BCUT2D eigenvalue weighted by atomic mass is 9.79. The summed E-state index contributed by atoms with van der Waals surface area (Å²) in [5.41, 5.74) is 5.88. The first-order chi connectivity index (χ1) is 22.0. The molecule has 0 saturated carbocycles. The third kappa shape index (κ3) is 8.69. The molecule has 46 heavy (non-hydrogen) atoms. The quantitative estimate of drug-likeness (QED) is 0.138. The van der Waals surface area contributed by atoms with Crippen molar-refractivity contribution < 1.29 is 9.53 Å². The second-order valence-electron chi connectivity index (χ2n) is 13.2. The summed E-state index contributed by atoms with van der Waals surface area (Å²) in [6.45, 7) is 13.2. The fourth-order valence-electron chi connectivity index (χ4n) is 6.29. The molecule has 2 aromatic heterocycles. The Labute approximate surface area is 272 Å². The monoisotopic (exact) mass is 619 g/mol. The molecule has 2 aliphatic rings. The zero-order chi connectivity index (χ0) is 32.7. The topological polar surface area (TPSA) is 117 Å². The number of rotatable bonds is 10. The molecule has 4 N–H and O–H groups in total. The first kappa shape index (κ1) is 32.6. The lowest BCUT2D eigenvalue weighted by Crippen LogP contribution is -2.62. The molecule has 0 atom stereocenters. The van der Waals surface area contributed by atoms with Crippen LogP contribution in [0.1, 0.15) is 76.9 Å². The van der Waals surface area contributed by atoms with Crippen molar-refractivity contribution in [3.05, 3.63) is 108 Å². The minimum atomic E-state index is -0.0684. The lowest BCUT2D eigenvalue weighted by Gasteiger charge is -2.46. The summed E-state index contributed by atoms with van der Waals surface area (Å²) in [5, 5.41) is 17.6. The molecular weight excluding hydrogens is 574 g/mol. The average Bonchev–Trinajstić information content (AvgIpc) is 3.34. The summed E-state index contributed by atoms with van der Waals surface area (Å²) in [7, 11) is 0. The number of ether oxygens (including phenoxy) is 1. The highest BCUT2D eigenvalue weighted by Gasteiger charge is 2.38. The van der Waals surface area contributed by atoms with Crippen LogP contribution in [-0.4, -0.2) is 49.8 Å². The van der Waals surface area contributed by atoms with Gasteiger partial charge >= 0.3 is 0 Å². The van der Waals surface area contributed by atoms with Gasteiger partial charge in [0.05, 0.1) is 23.3 Å². The molecule has 5 rings (SSSR count). The van der Waals surface area contributed by atoms with Gasteiger partial charge in [-0.05, 0) is 108 Å². The van der Waals surface area contributed by atoms with Crippen molar-refractivity contribution in [3.63, 3.8) is 0 Å². The van der Waals surface area contributed by atoms with Crippen LogP contribution in [0.5, 0.6) is 0 Å². The van der Waals surface area contributed by atoms with E-state index in [0.717, 1.165) is 53.2 Å². The molecule has 1 aromatic carbocycles. The van der Waals surface area contributed by atoms with Gasteiger partial charge in [0.1, 0.15) is 6.61 Å². The van der Waals surface area contributed by atoms with E-state index in [4.69, 9.17) is 9.72 Å². The van der Waals surface area contributed by atoms with Gasteiger partial charge in [0.2, 0.25) is 5.95 Å². The Balaban J connectivity index is 1.23. The highest BCUT2D eigenvalue weighted by Crippen LogP contribution is 2.30. The van der Waals surface area contributed by atoms with Gasteiger partial charge in [0.25, 0.3) is 5.91 Å². The zero-order valence-corrected chi connectivity index (χ0v) is 27.6. The number of nitrogens with one attached hydrogen (secondary N) is 4. The van der Waals surface area contributed by atoms with Crippen LogP contribution < -0.4 is 16.0 Å². The summed E-state index contributed by atoms with van der Waals surface area (Å²) < 4.78 is 6.06. The number of carbonyl (C=O) groups is 1. The van der Waals surface area contributed by atoms with Gasteiger partial charge in [-0.25, -0.2) is 9.97 Å². The fraction of sp³-hybridized carbons (Fsp3) is 0.351. The average molecular weight is 620 g/mol. The Morgan fingerprint density at radius 2 is 1.83 bits per heavy atom. The van der Waals surface area contributed by atoms with E-state index >= 15 is 0 Å². The fourth-order valence-corrected chi connectivity index (χ4v) is 6.29. The normalized spacial score (nSPS) is 18.1. The highest BCUT2D eigenvalue weighted by molar-refractivity contribution is 5.94. The molecule has 1 aliphatic heterocycles. The van der Waals surface area contributed by atoms with Gasteiger partial charge in [0, 0.05) is 40.1 Å². The van der Waals surface area contributed by atoms with E-state index in [-0.39, 0.29) is 23.0 Å². The Kier molecular flexibility index (Phi) is 10.0. The van der Waals surface area contributed by atoms with E-state index in [2.05, 4.69) is 71.0 Å². The third-order valence-corrected chi connectivity index (χ3v) is 8.01. The molecule has 9 nitrogen and oxygen atoms in total. The number of hydrogen-bond acceptors (Lipinski definition) is 7. The summed E-state index contributed by atoms with van der Waals surface area (Å²) in [6, 6.07) is 9.34. The number of aromatic amines is 1. The maximum absolute atomic E-state index is 13.1. The minimum absolute atomic E-state index is 0.0417. The largest absolute Gasteiger partial charge is 0.494 e. The zero-order valence-electron chi connectivity index (χ0n) is 27.6. The van der Waals surface area contributed by atoms with Crippen molar-refractivity contribution in [1.82, 2.24) is 30.8 Å². The molecule has 0 bridgehead atoms. The van der Waals surface area contributed by atoms with Crippen molar-refractivity contribution >= 4 is 23.1 Å². The predicted molar refractivity (Wildman–Crippen MR) is 185 cm³/mol. The number of benzene rings is 1. The number of nitrogens with zero attached hydrogens (tertiary/aromatic N) is 3. The molecule has 1 aliphatic carbocycles. The van der Waals surface area contributed by atoms with Crippen LogP contribution in [0.3, 0.4) is 0 Å². The molecule has 1 saturated heterocycles. The van der Waals surface area contributed by atoms with Gasteiger partial charge in [-0.2, -0.15) is 5.10 Å². The van der Waals surface area contributed by atoms with E-state index in [0.29, 0.717) is 18.1 Å². The molecule has 3 heterocycles. The van der Waals surface area contributed by atoms with E-state index in [1.54, 1.807) is 12.4 Å². The summed E-state index contributed by atoms with van der Waals surface area (Å²) >= 11 is 0. The van der Waals surface area contributed by atoms with Gasteiger partial charge in [-0.3, -0.25) is 9.89 Å². The number of anilines is 2. The summed E-state index contributed by atoms with van der Waals surface area (Å²) in [4.78, 5) is 22.3. The first-order valence-electron chi connectivity index (χ1n) is 15.8. The van der Waals surface area contributed by atoms with Crippen molar-refractivity contribution in [3.8, 4) is 11.3 Å². The van der Waals surface area contributed by atoms with E-state index in [9.17, 15) is 4.79 Å². The number of H-pyrrole nitrogens is 1. The Bertz CT molecular complexity index is 1670. The number of amides is 1. The van der Waals surface area contributed by atoms with Crippen molar-refractivity contribution in [2.24, 2.45) is 0 Å². The Hall–Kier alpha value is -4.76. The van der Waals surface area contributed by atoms with E-state index in [1.807, 2.05) is 74.6 Å². The summed E-state index contributed by atoms with van der Waals surface area (Å²) in [6.07, 6.45) is 20.5. The van der Waals surface area contributed by atoms with Gasteiger partial charge < -0.3 is 20.7 Å². The van der Waals surface area contributed by atoms with Crippen molar-refractivity contribution in [1.29, 1.82) is 0 Å². The van der Waals surface area contributed by atoms with Crippen LogP contribution in [0, 0.1) is 0 Å². The van der Waals surface area contributed by atoms with E-state index < -0.39 is 0 Å². The highest BCUT2D eigenvalue weighted by atomic mass is 16.5. The van der Waals surface area contributed by atoms with Crippen LogP contribution in [-0.2, 0) is 4.74 Å². The SMILES string of the molecule is C/C=C(\C=C(/C)OCC1=CC=CC=CC1)c1[nH]ncc1-c1ccnc(Nc2ccc(C(=O)NC3CC(C)(C)NC(C)(C)C3)cc2)n1. The molecule has 0 spiro atoms. The molecule has 0 unspecified atom stereocenters. The maximum atomic E-state index is 13.1. The van der Waals surface area contributed by atoms with Gasteiger partial charge in [-0.1, -0.05) is 36.5 Å². The van der Waals surface area contributed by atoms with Crippen LogP contribution in [0.15, 0.2) is 96.6 Å². The second-order valence-corrected chi connectivity index (χ2v) is 13.2. The second kappa shape index (κ2) is 14.1. The van der Waals surface area contributed by atoms with Gasteiger partial charge in [-0.15, -0.1) is 0 Å². The summed E-state index contributed by atoms with van der Waals surface area (Å²) in [5.74, 6) is 1.18. The molecule has 1 amide bonds. The number of allylic oxidation sites excluding steroid dienone is 9. The standard InChI is InChI=1S/C37H45N7O2/c1-7-27(20-25(2)46-24-26-12-10-8-9-11-13-26)33-31(23-39-43-33)32-18-19-38-35(42-32)41-29-16-14-28(15-17-29)34(45)40-30-21-36(3,4)44-37(5,6)22-30/h7-12,14-20,23,30,44H,13,21-22,24H2,1-6H3,(H,39,43)(H,40,45)(H,38,41,42)/b25-20+,27-7+. The van der Waals surface area contributed by atoms with Crippen LogP contribution in [0.4, 0.5) is 11.6 Å².